The van der Waals surface area contributed by atoms with Crippen LogP contribution >= 0.6 is 11.3 Å². The number of ether oxygens (including phenoxy) is 2. The number of aromatic nitrogens is 1. The summed E-state index contributed by atoms with van der Waals surface area (Å²) in [5.74, 6) is 0. The Labute approximate surface area is 94.8 Å². The Morgan fingerprint density at radius 3 is 2.40 bits per heavy atom. The molecule has 0 amide bonds. The molecule has 1 heterocycles. The molecule has 0 aliphatic rings. The van der Waals surface area contributed by atoms with Crippen LogP contribution in [0.4, 0.5) is 0 Å². The van der Waals surface area contributed by atoms with Crippen molar-refractivity contribution < 1.29 is 9.47 Å². The van der Waals surface area contributed by atoms with E-state index in [9.17, 15) is 0 Å². The van der Waals surface area contributed by atoms with Crippen LogP contribution < -0.4 is 0 Å². The van der Waals surface area contributed by atoms with Crippen molar-refractivity contribution in [1.29, 1.82) is 0 Å². The molecule has 0 saturated carbocycles. The van der Waals surface area contributed by atoms with Crippen LogP contribution in [0.3, 0.4) is 0 Å². The summed E-state index contributed by atoms with van der Waals surface area (Å²) in [5, 5.41) is 2.08. The van der Waals surface area contributed by atoms with Crippen molar-refractivity contribution in [3.05, 3.63) is 16.6 Å². The molecular formula is C10H18N2O2S. The molecule has 1 aromatic rings. The van der Waals surface area contributed by atoms with Gasteiger partial charge in [0.1, 0.15) is 0 Å². The van der Waals surface area contributed by atoms with Crippen LogP contribution in [0.1, 0.15) is 5.69 Å². The van der Waals surface area contributed by atoms with Crippen molar-refractivity contribution in [1.82, 2.24) is 9.88 Å². The van der Waals surface area contributed by atoms with E-state index in [0.717, 1.165) is 38.5 Å². The molecule has 0 saturated heterocycles. The number of hydrogen-bond acceptors (Lipinski definition) is 5. The fourth-order valence-corrected chi connectivity index (χ4v) is 1.80. The van der Waals surface area contributed by atoms with Gasteiger partial charge in [-0.05, 0) is 0 Å². The molecule has 0 spiro atoms. The minimum Gasteiger partial charge on any atom is -0.383 e. The van der Waals surface area contributed by atoms with E-state index in [0.29, 0.717) is 0 Å². The van der Waals surface area contributed by atoms with Gasteiger partial charge in [-0.1, -0.05) is 0 Å². The van der Waals surface area contributed by atoms with Crippen LogP contribution in [0.2, 0.25) is 0 Å². The Kier molecular flexibility index (Phi) is 6.50. The second kappa shape index (κ2) is 7.76. The van der Waals surface area contributed by atoms with Crippen molar-refractivity contribution >= 4 is 11.3 Å². The van der Waals surface area contributed by atoms with Crippen molar-refractivity contribution in [2.45, 2.75) is 6.54 Å². The minimum absolute atomic E-state index is 0.744. The van der Waals surface area contributed by atoms with E-state index in [-0.39, 0.29) is 0 Å². The van der Waals surface area contributed by atoms with Gasteiger partial charge >= 0.3 is 0 Å². The van der Waals surface area contributed by atoms with Crippen molar-refractivity contribution in [3.8, 4) is 0 Å². The van der Waals surface area contributed by atoms with Crippen LogP contribution in [0, 0.1) is 0 Å². The topological polar surface area (TPSA) is 34.6 Å². The highest BCUT2D eigenvalue weighted by Crippen LogP contribution is 2.05. The standard InChI is InChI=1S/C10H18N2O2S/c1-13-5-3-12(4-6-14-2)7-10-8-15-9-11-10/h8-9H,3-7H2,1-2H3. The van der Waals surface area contributed by atoms with Gasteiger partial charge in [0, 0.05) is 39.2 Å². The average Bonchev–Trinajstić information content (AvgIpc) is 2.74. The first-order valence-electron chi connectivity index (χ1n) is 4.94. The lowest BCUT2D eigenvalue weighted by molar-refractivity contribution is 0.109. The molecule has 15 heavy (non-hydrogen) atoms. The molecule has 0 fully saturated rings. The molecule has 0 N–H and O–H groups in total. The maximum atomic E-state index is 5.07. The first kappa shape index (κ1) is 12.6. The summed E-state index contributed by atoms with van der Waals surface area (Å²) in [6.45, 7) is 4.19. The lowest BCUT2D eigenvalue weighted by Gasteiger charge is -2.20. The molecule has 86 valence electrons. The van der Waals surface area contributed by atoms with E-state index in [4.69, 9.17) is 9.47 Å². The maximum absolute atomic E-state index is 5.07. The monoisotopic (exact) mass is 230 g/mol. The minimum atomic E-state index is 0.744. The number of nitrogens with zero attached hydrogens (tertiary/aromatic N) is 2. The van der Waals surface area contributed by atoms with Crippen LogP contribution in [0.5, 0.6) is 0 Å². The summed E-state index contributed by atoms with van der Waals surface area (Å²) in [6.07, 6.45) is 0. The number of hydrogen-bond donors (Lipinski definition) is 0. The van der Waals surface area contributed by atoms with Gasteiger partial charge in [0.25, 0.3) is 0 Å². The van der Waals surface area contributed by atoms with E-state index >= 15 is 0 Å². The molecule has 0 bridgehead atoms. The predicted octanol–water partition coefficient (Wildman–Crippen LogP) is 1.24. The Balaban J connectivity index is 2.33. The lowest BCUT2D eigenvalue weighted by Crippen LogP contribution is -2.30. The van der Waals surface area contributed by atoms with Gasteiger partial charge in [0.15, 0.2) is 0 Å². The quantitative estimate of drug-likeness (QED) is 0.673. The highest BCUT2D eigenvalue weighted by Gasteiger charge is 2.06. The van der Waals surface area contributed by atoms with E-state index in [1.165, 1.54) is 0 Å². The summed E-state index contributed by atoms with van der Waals surface area (Å²) in [7, 11) is 3.44. The molecule has 0 aliphatic carbocycles. The smallest absolute Gasteiger partial charge is 0.0795 e. The second-order valence-corrected chi connectivity index (χ2v) is 3.96. The molecule has 1 rings (SSSR count). The summed E-state index contributed by atoms with van der Waals surface area (Å²) in [4.78, 5) is 6.55. The molecular weight excluding hydrogens is 212 g/mol. The van der Waals surface area contributed by atoms with E-state index in [1.807, 2.05) is 5.51 Å². The third-order valence-electron chi connectivity index (χ3n) is 2.09. The predicted molar refractivity (Wildman–Crippen MR) is 61.1 cm³/mol. The zero-order valence-electron chi connectivity index (χ0n) is 9.31. The summed E-state index contributed by atoms with van der Waals surface area (Å²) >= 11 is 1.63. The number of thiazole rings is 1. The van der Waals surface area contributed by atoms with Gasteiger partial charge < -0.3 is 9.47 Å². The van der Waals surface area contributed by atoms with E-state index in [2.05, 4.69) is 15.3 Å². The normalized spacial score (nSPS) is 11.1. The van der Waals surface area contributed by atoms with Crippen molar-refractivity contribution in [2.24, 2.45) is 0 Å². The first-order valence-corrected chi connectivity index (χ1v) is 5.88. The van der Waals surface area contributed by atoms with Crippen LogP contribution in [-0.2, 0) is 16.0 Å². The van der Waals surface area contributed by atoms with Gasteiger partial charge in [0.2, 0.25) is 0 Å². The highest BCUT2D eigenvalue weighted by atomic mass is 32.1. The molecule has 0 radical (unpaired) electrons. The third kappa shape index (κ3) is 5.22. The van der Waals surface area contributed by atoms with E-state index < -0.39 is 0 Å². The highest BCUT2D eigenvalue weighted by molar-refractivity contribution is 7.07. The zero-order chi connectivity index (χ0) is 10.9. The fraction of sp³-hybridized carbons (Fsp3) is 0.700. The average molecular weight is 230 g/mol. The lowest BCUT2D eigenvalue weighted by atomic mass is 10.4. The Hall–Kier alpha value is -0.490. The number of rotatable bonds is 8. The molecule has 0 atom stereocenters. The van der Waals surface area contributed by atoms with Gasteiger partial charge in [-0.3, -0.25) is 4.90 Å². The van der Waals surface area contributed by atoms with Crippen molar-refractivity contribution in [3.63, 3.8) is 0 Å². The molecule has 0 aliphatic heterocycles. The molecule has 1 aromatic heterocycles. The third-order valence-corrected chi connectivity index (χ3v) is 2.73. The largest absolute Gasteiger partial charge is 0.383 e. The SMILES string of the molecule is COCCN(CCOC)Cc1cscn1. The van der Waals surface area contributed by atoms with Gasteiger partial charge in [-0.15, -0.1) is 11.3 Å². The molecule has 5 heteroatoms. The zero-order valence-corrected chi connectivity index (χ0v) is 10.1. The fourth-order valence-electron chi connectivity index (χ4n) is 1.26. The van der Waals surface area contributed by atoms with Crippen LogP contribution in [-0.4, -0.2) is 50.4 Å². The van der Waals surface area contributed by atoms with Crippen molar-refractivity contribution in [2.75, 3.05) is 40.5 Å². The molecule has 0 aromatic carbocycles. The van der Waals surface area contributed by atoms with E-state index in [1.54, 1.807) is 25.6 Å². The molecule has 0 unspecified atom stereocenters. The molecule has 4 nitrogen and oxygen atoms in total. The van der Waals surface area contributed by atoms with Gasteiger partial charge in [-0.2, -0.15) is 0 Å². The van der Waals surface area contributed by atoms with Gasteiger partial charge in [0.05, 0.1) is 24.4 Å². The maximum Gasteiger partial charge on any atom is 0.0795 e. The van der Waals surface area contributed by atoms with Crippen LogP contribution in [0.15, 0.2) is 10.9 Å². The number of methoxy groups -OCH3 is 2. The van der Waals surface area contributed by atoms with Crippen LogP contribution in [0.25, 0.3) is 0 Å². The first-order chi connectivity index (χ1) is 7.36. The Bertz CT molecular complexity index is 234. The summed E-state index contributed by atoms with van der Waals surface area (Å²) in [6, 6.07) is 0. The summed E-state index contributed by atoms with van der Waals surface area (Å²) < 4.78 is 10.1. The Morgan fingerprint density at radius 1 is 1.27 bits per heavy atom. The summed E-state index contributed by atoms with van der Waals surface area (Å²) in [5.41, 5.74) is 2.98. The van der Waals surface area contributed by atoms with Gasteiger partial charge in [-0.25, -0.2) is 4.98 Å². The second-order valence-electron chi connectivity index (χ2n) is 3.24. The Morgan fingerprint density at radius 2 is 1.93 bits per heavy atom.